The van der Waals surface area contributed by atoms with Crippen LogP contribution < -0.4 is 5.32 Å². The van der Waals surface area contributed by atoms with Crippen LogP contribution in [-0.4, -0.2) is 21.6 Å². The Balaban J connectivity index is 1.91. The number of carbonyl (C=O) groups is 1. The van der Waals surface area contributed by atoms with E-state index in [1.165, 1.54) is 0 Å². The first kappa shape index (κ1) is 19.7. The second-order valence-corrected chi connectivity index (χ2v) is 8.99. The van der Waals surface area contributed by atoms with E-state index in [0.29, 0.717) is 23.3 Å². The Morgan fingerprint density at radius 2 is 1.85 bits per heavy atom. The first-order valence-electron chi connectivity index (χ1n) is 9.15. The molecule has 0 aliphatic heterocycles. The number of aromatic nitrogens is 2. The molecule has 7 heteroatoms. The number of amides is 1. The van der Waals surface area contributed by atoms with Crippen LogP contribution >= 0.6 is 0 Å². The van der Waals surface area contributed by atoms with Gasteiger partial charge in [-0.3, -0.25) is 4.79 Å². The molecule has 148 valence electrons. The van der Waals surface area contributed by atoms with Gasteiger partial charge < -0.3 is 9.88 Å². The monoisotopic (exact) mass is 381 g/mol. The third kappa shape index (κ3) is 3.96. The number of pyridine rings is 1. The minimum absolute atomic E-state index is 0.0807. The molecule has 0 unspecified atom stereocenters. The normalized spacial score (nSPS) is 16.6. The van der Waals surface area contributed by atoms with Crippen LogP contribution in [0.15, 0.2) is 12.1 Å². The van der Waals surface area contributed by atoms with Crippen molar-refractivity contribution in [2.75, 3.05) is 5.32 Å². The summed E-state index contributed by atoms with van der Waals surface area (Å²) in [5, 5.41) is 2.83. The van der Waals surface area contributed by atoms with E-state index in [1.54, 1.807) is 17.6 Å². The number of hydrogen-bond donors (Lipinski definition) is 1. The van der Waals surface area contributed by atoms with Crippen molar-refractivity contribution in [3.05, 3.63) is 23.4 Å². The predicted octanol–water partition coefficient (Wildman–Crippen LogP) is 5.37. The van der Waals surface area contributed by atoms with Crippen LogP contribution in [0.25, 0.3) is 11.0 Å². The summed E-state index contributed by atoms with van der Waals surface area (Å²) in [5.41, 5.74) is 0.998. The van der Waals surface area contributed by atoms with E-state index in [0.717, 1.165) is 11.3 Å². The third-order valence-corrected chi connectivity index (χ3v) is 5.15. The number of rotatable bonds is 4. The Labute approximate surface area is 157 Å². The molecule has 1 aliphatic rings. The lowest BCUT2D eigenvalue weighted by Gasteiger charge is -2.21. The lowest BCUT2D eigenvalue weighted by atomic mass is 9.92. The van der Waals surface area contributed by atoms with Gasteiger partial charge in [-0.15, -0.1) is 0 Å². The van der Waals surface area contributed by atoms with E-state index in [-0.39, 0.29) is 30.7 Å². The summed E-state index contributed by atoms with van der Waals surface area (Å²) < 4.78 is 41.8. The molecule has 27 heavy (non-hydrogen) atoms. The van der Waals surface area contributed by atoms with Crippen LogP contribution in [0.1, 0.15) is 51.3 Å². The highest BCUT2D eigenvalue weighted by molar-refractivity contribution is 5.92. The number of nitrogens with zero attached hydrogens (tertiary/aromatic N) is 2. The molecule has 0 bridgehead atoms. The van der Waals surface area contributed by atoms with E-state index < -0.39 is 11.6 Å². The maximum Gasteiger partial charge on any atom is 0.396 e. The van der Waals surface area contributed by atoms with Crippen molar-refractivity contribution < 1.29 is 18.0 Å². The van der Waals surface area contributed by atoms with Gasteiger partial charge >= 0.3 is 6.18 Å². The number of alkyl halides is 3. The molecule has 2 aromatic rings. The highest BCUT2D eigenvalue weighted by Gasteiger charge is 2.63. The van der Waals surface area contributed by atoms with E-state index in [1.807, 2.05) is 33.8 Å². The zero-order valence-corrected chi connectivity index (χ0v) is 16.4. The van der Waals surface area contributed by atoms with Gasteiger partial charge in [0.15, 0.2) is 0 Å². The Bertz CT molecular complexity index is 886. The lowest BCUT2D eigenvalue weighted by molar-refractivity contribution is -0.190. The van der Waals surface area contributed by atoms with Gasteiger partial charge in [-0.05, 0) is 49.8 Å². The minimum Gasteiger partial charge on any atom is -0.343 e. The maximum atomic E-state index is 13.4. The van der Waals surface area contributed by atoms with Crippen LogP contribution in [0.5, 0.6) is 0 Å². The fraction of sp³-hybridized carbons (Fsp3) is 0.600. The third-order valence-electron chi connectivity index (χ3n) is 5.15. The molecule has 3 rings (SSSR count). The van der Waals surface area contributed by atoms with Crippen molar-refractivity contribution >= 4 is 22.8 Å². The number of halogens is 3. The molecular formula is C20H26F3N3O. The Hall–Kier alpha value is -2.05. The van der Waals surface area contributed by atoms with Gasteiger partial charge in [-0.25, -0.2) is 4.98 Å². The molecule has 0 saturated heterocycles. The van der Waals surface area contributed by atoms with Gasteiger partial charge in [-0.1, -0.05) is 20.8 Å². The average molecular weight is 381 g/mol. The predicted molar refractivity (Wildman–Crippen MR) is 99.6 cm³/mol. The van der Waals surface area contributed by atoms with Gasteiger partial charge in [0.25, 0.3) is 0 Å². The van der Waals surface area contributed by atoms with Gasteiger partial charge in [0.2, 0.25) is 5.91 Å². The molecular weight excluding hydrogens is 355 g/mol. The number of fused-ring (bicyclic) bond motifs is 1. The van der Waals surface area contributed by atoms with Gasteiger partial charge in [0.1, 0.15) is 5.82 Å². The van der Waals surface area contributed by atoms with Crippen molar-refractivity contribution in [3.8, 4) is 0 Å². The minimum atomic E-state index is -4.20. The number of anilines is 1. The molecule has 1 fully saturated rings. The summed E-state index contributed by atoms with van der Waals surface area (Å²) in [6, 6.07) is 3.59. The fourth-order valence-corrected chi connectivity index (χ4v) is 3.38. The topological polar surface area (TPSA) is 46.9 Å². The van der Waals surface area contributed by atoms with Crippen LogP contribution in [0.2, 0.25) is 0 Å². The molecule has 0 aromatic carbocycles. The van der Waals surface area contributed by atoms with E-state index in [4.69, 9.17) is 0 Å². The largest absolute Gasteiger partial charge is 0.396 e. The molecule has 4 nitrogen and oxygen atoms in total. The first-order chi connectivity index (χ1) is 12.3. The van der Waals surface area contributed by atoms with Gasteiger partial charge in [0, 0.05) is 18.7 Å². The molecule has 0 atom stereocenters. The zero-order chi connectivity index (χ0) is 20.2. The first-order valence-corrected chi connectivity index (χ1v) is 9.15. The highest BCUT2D eigenvalue weighted by atomic mass is 19.4. The number of nitrogens with one attached hydrogen (secondary N) is 1. The fourth-order valence-electron chi connectivity index (χ4n) is 3.38. The molecule has 1 amide bonds. The van der Waals surface area contributed by atoms with Crippen molar-refractivity contribution in [3.63, 3.8) is 0 Å². The molecule has 0 spiro atoms. The van der Waals surface area contributed by atoms with E-state index in [9.17, 15) is 18.0 Å². The Morgan fingerprint density at radius 3 is 2.37 bits per heavy atom. The van der Waals surface area contributed by atoms with Crippen LogP contribution in [0.3, 0.4) is 0 Å². The van der Waals surface area contributed by atoms with Crippen molar-refractivity contribution in [2.24, 2.45) is 10.8 Å². The van der Waals surface area contributed by atoms with Crippen molar-refractivity contribution in [2.45, 2.75) is 66.6 Å². The van der Waals surface area contributed by atoms with Crippen LogP contribution in [0.4, 0.5) is 19.0 Å². The molecule has 2 heterocycles. The Kier molecular flexibility index (Phi) is 4.56. The zero-order valence-electron chi connectivity index (χ0n) is 16.4. The summed E-state index contributed by atoms with van der Waals surface area (Å²) in [5.74, 6) is 0.341. The summed E-state index contributed by atoms with van der Waals surface area (Å²) in [7, 11) is 0. The van der Waals surface area contributed by atoms with Crippen molar-refractivity contribution in [1.82, 2.24) is 9.55 Å². The van der Waals surface area contributed by atoms with Gasteiger partial charge in [-0.2, -0.15) is 13.2 Å². The second kappa shape index (κ2) is 6.24. The molecule has 1 saturated carbocycles. The summed E-state index contributed by atoms with van der Waals surface area (Å²) >= 11 is 0. The van der Waals surface area contributed by atoms with E-state index in [2.05, 4.69) is 10.3 Å². The quantitative estimate of drug-likeness (QED) is 0.774. The van der Waals surface area contributed by atoms with Crippen LogP contribution in [-0.2, 0) is 11.3 Å². The summed E-state index contributed by atoms with van der Waals surface area (Å²) in [6.45, 7) is 9.46. The smallest absolute Gasteiger partial charge is 0.343 e. The number of hydrogen-bond acceptors (Lipinski definition) is 2. The molecule has 2 aromatic heterocycles. The lowest BCUT2D eigenvalue weighted by Crippen LogP contribution is -2.29. The average Bonchev–Trinajstić information content (AvgIpc) is 3.21. The highest BCUT2D eigenvalue weighted by Crippen LogP contribution is 2.59. The summed E-state index contributed by atoms with van der Waals surface area (Å²) in [6.07, 6.45) is -3.49. The van der Waals surface area contributed by atoms with Crippen molar-refractivity contribution in [1.29, 1.82) is 0 Å². The van der Waals surface area contributed by atoms with E-state index >= 15 is 0 Å². The maximum absolute atomic E-state index is 13.4. The standard InChI is InChI=1S/C20H26F3N3O/c1-12-8-15-14(24-17(12)25-16(27)10-18(3,4)5)9-13(2)26(15)11-19(6-7-19)20(21,22)23/h8-9H,6-7,10-11H2,1-5H3,(H,24,25,27). The Morgan fingerprint density at radius 1 is 1.22 bits per heavy atom. The number of carbonyl (C=O) groups excluding carboxylic acids is 1. The second-order valence-electron chi connectivity index (χ2n) is 8.99. The SMILES string of the molecule is Cc1cc2c(cc(C)n2CC2(C(F)(F)F)CC2)nc1NC(=O)CC(C)(C)C. The molecule has 0 radical (unpaired) electrons. The van der Waals surface area contributed by atoms with Crippen LogP contribution in [0, 0.1) is 24.7 Å². The van der Waals surface area contributed by atoms with Gasteiger partial charge in [0.05, 0.1) is 16.4 Å². The summed E-state index contributed by atoms with van der Waals surface area (Å²) in [4.78, 5) is 16.7. The molecule has 1 N–H and O–H groups in total. The molecule has 1 aliphatic carbocycles. The number of aryl methyl sites for hydroxylation is 2.